The van der Waals surface area contributed by atoms with Gasteiger partial charge in [-0.25, -0.2) is 0 Å². The Labute approximate surface area is 216 Å². The van der Waals surface area contributed by atoms with E-state index in [-0.39, 0.29) is 36.1 Å². The van der Waals surface area contributed by atoms with E-state index in [0.717, 1.165) is 5.56 Å². The summed E-state index contributed by atoms with van der Waals surface area (Å²) in [5.41, 5.74) is 4.84. The molecule has 204 valence electrons. The second kappa shape index (κ2) is 8.84. The molecule has 3 aliphatic carbocycles. The van der Waals surface area contributed by atoms with E-state index in [1.54, 1.807) is 13.0 Å². The summed E-state index contributed by atoms with van der Waals surface area (Å²) in [6.07, 6.45) is -2.99. The highest BCUT2D eigenvalue weighted by molar-refractivity contribution is 6.09. The highest BCUT2D eigenvalue weighted by atomic mass is 16.6. The molecule has 0 bridgehead atoms. The van der Waals surface area contributed by atoms with Crippen molar-refractivity contribution in [1.29, 1.82) is 0 Å². The number of carbonyl (C=O) groups is 3. The normalized spacial score (nSPS) is 40.1. The lowest BCUT2D eigenvalue weighted by Crippen LogP contribution is -2.79. The van der Waals surface area contributed by atoms with Crippen LogP contribution in [0.1, 0.15) is 68.6 Å². The number of phenolic OH excluding ortho intramolecular Hbond substituents is 1. The van der Waals surface area contributed by atoms with Gasteiger partial charge in [0.1, 0.15) is 17.8 Å². The van der Waals surface area contributed by atoms with Gasteiger partial charge in [-0.2, -0.15) is 5.48 Å². The molecule has 0 spiro atoms. The molecule has 10 nitrogen and oxygen atoms in total. The Morgan fingerprint density at radius 2 is 1.81 bits per heavy atom. The predicted octanol–water partition coefficient (Wildman–Crippen LogP) is 0.785. The number of benzene rings is 1. The molecule has 2 saturated carbocycles. The minimum absolute atomic E-state index is 0.0335. The number of aromatic hydroxyl groups is 1. The van der Waals surface area contributed by atoms with Gasteiger partial charge in [0.2, 0.25) is 5.91 Å². The number of aliphatic hydroxyl groups is 3. The highest BCUT2D eigenvalue weighted by Gasteiger charge is 2.75. The molecule has 1 aromatic rings. The monoisotopic (exact) mass is 518 g/mol. The molecule has 9 atom stereocenters. The van der Waals surface area contributed by atoms with Gasteiger partial charge in [0.15, 0.2) is 17.2 Å². The van der Waals surface area contributed by atoms with Crippen molar-refractivity contribution in [2.45, 2.75) is 71.3 Å². The topological polar surface area (TPSA) is 179 Å². The van der Waals surface area contributed by atoms with Gasteiger partial charge in [0.05, 0.1) is 30.7 Å². The van der Waals surface area contributed by atoms with Crippen molar-refractivity contribution in [2.24, 2.45) is 40.2 Å². The van der Waals surface area contributed by atoms with Crippen molar-refractivity contribution in [3.63, 3.8) is 0 Å². The van der Waals surface area contributed by atoms with Crippen molar-refractivity contribution in [3.8, 4) is 5.75 Å². The number of nitrogens with one attached hydrogen (secondary N) is 1. The number of primary amides is 1. The number of Topliss-reactive ketones (excluding diaryl/α,β-unsaturated/α-hetero) is 2. The number of hydroxylamine groups is 1. The van der Waals surface area contributed by atoms with Gasteiger partial charge in [0, 0.05) is 5.41 Å². The third-order valence-electron chi connectivity index (χ3n) is 9.46. The molecule has 0 aromatic heterocycles. The van der Waals surface area contributed by atoms with E-state index in [4.69, 9.17) is 10.6 Å². The van der Waals surface area contributed by atoms with Crippen LogP contribution in [0, 0.1) is 34.5 Å². The molecular weight excluding hydrogens is 480 g/mol. The first-order valence-corrected chi connectivity index (χ1v) is 12.7. The van der Waals surface area contributed by atoms with E-state index < -0.39 is 63.9 Å². The number of aliphatic hydroxyl groups excluding tert-OH is 2. The fourth-order valence-electron chi connectivity index (χ4n) is 8.20. The van der Waals surface area contributed by atoms with Gasteiger partial charge < -0.3 is 31.0 Å². The van der Waals surface area contributed by atoms with Crippen LogP contribution in [0.3, 0.4) is 0 Å². The van der Waals surface area contributed by atoms with E-state index in [2.05, 4.69) is 5.48 Å². The summed E-state index contributed by atoms with van der Waals surface area (Å²) in [5.74, 6) is -7.07. The first-order valence-electron chi connectivity index (χ1n) is 12.7. The first kappa shape index (κ1) is 27.7. The summed E-state index contributed by atoms with van der Waals surface area (Å²) in [7, 11) is 1.47. The van der Waals surface area contributed by atoms with Gasteiger partial charge in [-0.15, -0.1) is 0 Å². The molecule has 0 heterocycles. The van der Waals surface area contributed by atoms with Gasteiger partial charge in [-0.05, 0) is 54.2 Å². The number of amides is 1. The summed E-state index contributed by atoms with van der Waals surface area (Å²) < 4.78 is 0. The fourth-order valence-corrected chi connectivity index (χ4v) is 8.20. The van der Waals surface area contributed by atoms with E-state index in [1.807, 2.05) is 27.7 Å². The quantitative estimate of drug-likeness (QED) is 0.243. The van der Waals surface area contributed by atoms with Crippen LogP contribution < -0.4 is 11.2 Å². The Bertz CT molecular complexity index is 1150. The minimum atomic E-state index is -2.52. The lowest BCUT2D eigenvalue weighted by Gasteiger charge is -2.66. The van der Waals surface area contributed by atoms with Gasteiger partial charge in [-0.1, -0.05) is 33.8 Å². The largest absolute Gasteiger partial charge is 0.507 e. The molecular formula is C27H38N2O8. The molecule has 7 N–H and O–H groups in total. The van der Waals surface area contributed by atoms with Crippen LogP contribution in [0.5, 0.6) is 5.75 Å². The number of hydrogen-bond donors (Lipinski definition) is 6. The zero-order chi connectivity index (χ0) is 27.8. The van der Waals surface area contributed by atoms with Crippen molar-refractivity contribution in [1.82, 2.24) is 5.48 Å². The molecule has 0 aliphatic heterocycles. The maximum Gasteiger partial charge on any atom is 0.230 e. The summed E-state index contributed by atoms with van der Waals surface area (Å²) >= 11 is 0. The lowest BCUT2D eigenvalue weighted by molar-refractivity contribution is -0.265. The molecule has 3 unspecified atom stereocenters. The van der Waals surface area contributed by atoms with Gasteiger partial charge in [0.25, 0.3) is 0 Å². The summed E-state index contributed by atoms with van der Waals surface area (Å²) in [6.45, 7) is 8.93. The second-order valence-corrected chi connectivity index (χ2v) is 12.1. The van der Waals surface area contributed by atoms with E-state index >= 15 is 0 Å². The maximum absolute atomic E-state index is 14.0. The molecule has 2 fully saturated rings. The Morgan fingerprint density at radius 3 is 2.35 bits per heavy atom. The first-order chi connectivity index (χ1) is 17.1. The van der Waals surface area contributed by atoms with Gasteiger partial charge in [-0.3, -0.25) is 14.4 Å². The molecule has 0 saturated heterocycles. The lowest BCUT2D eigenvalue weighted by atomic mass is 9.39. The molecule has 0 radical (unpaired) electrons. The highest BCUT2D eigenvalue weighted by Crippen LogP contribution is 2.65. The predicted molar refractivity (Wildman–Crippen MR) is 132 cm³/mol. The van der Waals surface area contributed by atoms with Crippen LogP contribution in [-0.4, -0.2) is 62.8 Å². The van der Waals surface area contributed by atoms with Crippen LogP contribution in [0.2, 0.25) is 0 Å². The Kier molecular flexibility index (Phi) is 6.61. The smallest absolute Gasteiger partial charge is 0.230 e. The van der Waals surface area contributed by atoms with Crippen LogP contribution in [-0.2, 0) is 20.8 Å². The minimum Gasteiger partial charge on any atom is -0.507 e. The Morgan fingerprint density at radius 1 is 1.19 bits per heavy atom. The number of ketones is 2. The number of fused-ring (bicyclic) bond motifs is 3. The third-order valence-corrected chi connectivity index (χ3v) is 9.46. The maximum atomic E-state index is 14.0. The average molecular weight is 519 g/mol. The zero-order valence-corrected chi connectivity index (χ0v) is 22.1. The van der Waals surface area contributed by atoms with Crippen molar-refractivity contribution < 1.29 is 39.6 Å². The molecule has 4 rings (SSSR count). The number of phenols is 1. The van der Waals surface area contributed by atoms with E-state index in [9.17, 15) is 34.8 Å². The van der Waals surface area contributed by atoms with Crippen molar-refractivity contribution in [3.05, 3.63) is 28.8 Å². The summed E-state index contributed by atoms with van der Waals surface area (Å²) in [5, 5.41) is 45.8. The van der Waals surface area contributed by atoms with Crippen LogP contribution in [0.4, 0.5) is 0 Å². The molecule has 3 aliphatic rings. The molecule has 1 aromatic carbocycles. The van der Waals surface area contributed by atoms with Crippen molar-refractivity contribution in [2.75, 3.05) is 7.11 Å². The third kappa shape index (κ3) is 3.53. The summed E-state index contributed by atoms with van der Waals surface area (Å²) in [4.78, 5) is 45.0. The number of nitrogens with two attached hydrogens (primary N) is 1. The average Bonchev–Trinajstić information content (AvgIpc) is 2.75. The molecule has 10 heteroatoms. The van der Waals surface area contributed by atoms with E-state index in [0.29, 0.717) is 5.56 Å². The molecule has 1 amide bonds. The Hall–Kier alpha value is -2.37. The zero-order valence-electron chi connectivity index (χ0n) is 22.1. The second-order valence-electron chi connectivity index (χ2n) is 12.1. The molecule has 37 heavy (non-hydrogen) atoms. The Balaban J connectivity index is 1.95. The summed E-state index contributed by atoms with van der Waals surface area (Å²) in [6, 6.07) is 2.78. The van der Waals surface area contributed by atoms with Crippen molar-refractivity contribution >= 4 is 17.5 Å². The number of hydrogen-bond acceptors (Lipinski definition) is 9. The van der Waals surface area contributed by atoms with Crippen LogP contribution >= 0.6 is 0 Å². The van der Waals surface area contributed by atoms with Gasteiger partial charge >= 0.3 is 0 Å². The standard InChI is InChI=1S/C27H38N2O8/c1-11(2)18-21(32)17(24(28)35)22(33)27(36)23(34)19-20(31)16-14(9-25(19,4)10-26(18,27)5)13(7-8-15(16)30)12(3)29-37-6/h7-8,11-12,17-19,21,23,29-30,32,34,36H,9-10H2,1-6H3,(H2,28,35)/t12?,17-,18+,19-,21?,23?,25-,26-,27+/m1/s1. The fraction of sp³-hybridized carbons (Fsp3) is 0.667. The SMILES string of the molecule is CONC(C)c1ccc(O)c2c1C[C@]1(C)C[C@]3(C)[C@@H](C(C)C)C(O)[C@@H](C(N)=O)C(=O)[C@]3(O)C(O)[C@H]1C2=O. The van der Waals surface area contributed by atoms with Crippen LogP contribution in [0.25, 0.3) is 0 Å². The number of carbonyl (C=O) groups excluding carboxylic acids is 3. The van der Waals surface area contributed by atoms with E-state index in [1.165, 1.54) is 13.2 Å². The number of rotatable bonds is 5. The van der Waals surface area contributed by atoms with Crippen LogP contribution in [0.15, 0.2) is 12.1 Å².